The van der Waals surface area contributed by atoms with Gasteiger partial charge in [0.2, 0.25) is 0 Å². The molecule has 3 nitrogen and oxygen atoms in total. The van der Waals surface area contributed by atoms with Crippen molar-refractivity contribution in [1.29, 1.82) is 0 Å². The molecule has 1 heterocycles. The van der Waals surface area contributed by atoms with Gasteiger partial charge in [0.25, 0.3) is 0 Å². The van der Waals surface area contributed by atoms with E-state index in [4.69, 9.17) is 4.74 Å². The third-order valence-corrected chi connectivity index (χ3v) is 5.16. The maximum Gasteiger partial charge on any atom is 0.119 e. The summed E-state index contributed by atoms with van der Waals surface area (Å²) in [6.45, 7) is 4.00. The predicted molar refractivity (Wildman–Crippen MR) is 109 cm³/mol. The van der Waals surface area contributed by atoms with Crippen LogP contribution in [0.15, 0.2) is 72.8 Å². The van der Waals surface area contributed by atoms with E-state index in [0.29, 0.717) is 6.04 Å². The summed E-state index contributed by atoms with van der Waals surface area (Å²) in [7, 11) is 0. The van der Waals surface area contributed by atoms with Crippen molar-refractivity contribution in [3.63, 3.8) is 0 Å². The Kier molecular flexibility index (Phi) is 5.36. The Morgan fingerprint density at radius 1 is 0.846 bits per heavy atom. The lowest BCUT2D eigenvalue weighted by atomic mass is 10.0. The number of anilines is 1. The largest absolute Gasteiger partial charge is 0.492 e. The number of hydrogen-bond acceptors (Lipinski definition) is 3. The molecule has 3 aromatic rings. The lowest BCUT2D eigenvalue weighted by Gasteiger charge is -2.33. The van der Waals surface area contributed by atoms with Gasteiger partial charge in [-0.2, -0.15) is 0 Å². The first-order valence-electron chi connectivity index (χ1n) is 9.53. The van der Waals surface area contributed by atoms with Crippen molar-refractivity contribution in [2.45, 2.75) is 18.9 Å². The Balaban J connectivity index is 1.26. The minimum atomic E-state index is 0.548. The second-order valence-corrected chi connectivity index (χ2v) is 6.95. The zero-order valence-electron chi connectivity index (χ0n) is 15.1. The molecule has 0 bridgehead atoms. The number of hydrogen-bond donors (Lipinski definition) is 1. The number of piperidine rings is 1. The van der Waals surface area contributed by atoms with Gasteiger partial charge in [-0.25, -0.2) is 0 Å². The first-order valence-corrected chi connectivity index (χ1v) is 9.53. The Morgan fingerprint density at radius 2 is 1.58 bits per heavy atom. The molecule has 0 saturated carbocycles. The number of likely N-dealkylation sites (tertiary alicyclic amines) is 1. The quantitative estimate of drug-likeness (QED) is 0.694. The fourth-order valence-corrected chi connectivity index (χ4v) is 3.68. The van der Waals surface area contributed by atoms with Crippen molar-refractivity contribution in [1.82, 2.24) is 4.90 Å². The number of benzene rings is 3. The SMILES string of the molecule is c1ccc(OCCN2CCC(Nc3cccc4ccccc34)CC2)cc1. The highest BCUT2D eigenvalue weighted by Crippen LogP contribution is 2.25. The van der Waals surface area contributed by atoms with E-state index in [1.54, 1.807) is 0 Å². The molecule has 0 amide bonds. The summed E-state index contributed by atoms with van der Waals surface area (Å²) in [5.41, 5.74) is 1.26. The topological polar surface area (TPSA) is 24.5 Å². The highest BCUT2D eigenvalue weighted by molar-refractivity contribution is 5.93. The molecule has 3 heteroatoms. The summed E-state index contributed by atoms with van der Waals surface area (Å²) in [6.07, 6.45) is 2.35. The third kappa shape index (κ3) is 4.17. The standard InChI is InChI=1S/C23H26N2O/c1-2-9-21(10-3-1)26-18-17-25-15-13-20(14-16-25)24-23-12-6-8-19-7-4-5-11-22(19)23/h1-12,20,24H,13-18H2. The van der Waals surface area contributed by atoms with E-state index in [-0.39, 0.29) is 0 Å². The average Bonchev–Trinajstić information content (AvgIpc) is 2.70. The van der Waals surface area contributed by atoms with Gasteiger partial charge in [0.15, 0.2) is 0 Å². The van der Waals surface area contributed by atoms with Gasteiger partial charge in [-0.3, -0.25) is 4.90 Å². The van der Waals surface area contributed by atoms with Gasteiger partial charge in [-0.05, 0) is 36.4 Å². The average molecular weight is 346 g/mol. The van der Waals surface area contributed by atoms with Crippen molar-refractivity contribution >= 4 is 16.5 Å². The van der Waals surface area contributed by atoms with Gasteiger partial charge in [0.1, 0.15) is 12.4 Å². The normalized spacial score (nSPS) is 15.8. The van der Waals surface area contributed by atoms with Crippen molar-refractivity contribution in [3.8, 4) is 5.75 Å². The molecule has 26 heavy (non-hydrogen) atoms. The molecule has 1 aliphatic rings. The fourth-order valence-electron chi connectivity index (χ4n) is 3.68. The van der Waals surface area contributed by atoms with Crippen molar-refractivity contribution in [2.24, 2.45) is 0 Å². The number of nitrogens with zero attached hydrogens (tertiary/aromatic N) is 1. The summed E-state index contributed by atoms with van der Waals surface area (Å²) < 4.78 is 5.82. The van der Waals surface area contributed by atoms with Crippen LogP contribution in [0.4, 0.5) is 5.69 Å². The molecule has 4 rings (SSSR count). The van der Waals surface area contributed by atoms with E-state index in [1.165, 1.54) is 29.3 Å². The van der Waals surface area contributed by atoms with E-state index in [2.05, 4.69) is 52.7 Å². The van der Waals surface area contributed by atoms with Crippen LogP contribution in [0.5, 0.6) is 5.75 Å². The molecule has 0 aliphatic carbocycles. The summed E-state index contributed by atoms with van der Waals surface area (Å²) in [4.78, 5) is 2.50. The van der Waals surface area contributed by atoms with Crippen molar-refractivity contribution in [2.75, 3.05) is 31.6 Å². The molecule has 0 radical (unpaired) electrons. The highest BCUT2D eigenvalue weighted by atomic mass is 16.5. The van der Waals surface area contributed by atoms with Gasteiger partial charge < -0.3 is 10.1 Å². The zero-order valence-corrected chi connectivity index (χ0v) is 15.1. The van der Waals surface area contributed by atoms with Crippen LogP contribution in [0, 0.1) is 0 Å². The number of rotatable bonds is 6. The number of nitrogens with one attached hydrogen (secondary N) is 1. The maximum atomic E-state index is 5.82. The highest BCUT2D eigenvalue weighted by Gasteiger charge is 2.19. The fraction of sp³-hybridized carbons (Fsp3) is 0.304. The predicted octanol–water partition coefficient (Wildman–Crippen LogP) is 4.80. The molecular formula is C23H26N2O. The molecule has 0 aromatic heterocycles. The van der Waals surface area contributed by atoms with Crippen LogP contribution in [0.2, 0.25) is 0 Å². The van der Waals surface area contributed by atoms with E-state index in [1.807, 2.05) is 30.3 Å². The zero-order chi connectivity index (χ0) is 17.6. The lowest BCUT2D eigenvalue weighted by molar-refractivity contribution is 0.177. The molecule has 0 unspecified atom stereocenters. The van der Waals surface area contributed by atoms with Crippen LogP contribution in [0.25, 0.3) is 10.8 Å². The van der Waals surface area contributed by atoms with Crippen LogP contribution < -0.4 is 10.1 Å². The molecule has 1 saturated heterocycles. The molecule has 3 aromatic carbocycles. The van der Waals surface area contributed by atoms with Crippen molar-refractivity contribution < 1.29 is 4.74 Å². The van der Waals surface area contributed by atoms with Gasteiger partial charge in [0, 0.05) is 36.7 Å². The molecule has 0 atom stereocenters. The summed E-state index contributed by atoms with van der Waals surface area (Å²) in [5, 5.41) is 6.38. The number of para-hydroxylation sites is 1. The van der Waals surface area contributed by atoms with Gasteiger partial charge in [-0.15, -0.1) is 0 Å². The van der Waals surface area contributed by atoms with E-state index >= 15 is 0 Å². The molecule has 1 aliphatic heterocycles. The molecule has 0 spiro atoms. The van der Waals surface area contributed by atoms with Crippen LogP contribution in [0.3, 0.4) is 0 Å². The number of fused-ring (bicyclic) bond motifs is 1. The van der Waals surface area contributed by atoms with Crippen LogP contribution in [-0.4, -0.2) is 37.2 Å². The van der Waals surface area contributed by atoms with E-state index < -0.39 is 0 Å². The van der Waals surface area contributed by atoms with Crippen LogP contribution in [-0.2, 0) is 0 Å². The third-order valence-electron chi connectivity index (χ3n) is 5.16. The first-order chi connectivity index (χ1) is 12.9. The Morgan fingerprint density at radius 3 is 2.42 bits per heavy atom. The molecule has 134 valence electrons. The summed E-state index contributed by atoms with van der Waals surface area (Å²) >= 11 is 0. The second-order valence-electron chi connectivity index (χ2n) is 6.95. The molecule has 1 fully saturated rings. The maximum absolute atomic E-state index is 5.82. The lowest BCUT2D eigenvalue weighted by Crippen LogP contribution is -2.40. The Labute approximate surface area is 155 Å². The van der Waals surface area contributed by atoms with Gasteiger partial charge in [-0.1, -0.05) is 54.6 Å². The van der Waals surface area contributed by atoms with Crippen LogP contribution in [0.1, 0.15) is 12.8 Å². The molecular weight excluding hydrogens is 320 g/mol. The second kappa shape index (κ2) is 8.24. The Bertz CT molecular complexity index is 820. The smallest absolute Gasteiger partial charge is 0.119 e. The summed E-state index contributed by atoms with van der Waals surface area (Å²) in [6, 6.07) is 25.7. The minimum absolute atomic E-state index is 0.548. The van der Waals surface area contributed by atoms with Gasteiger partial charge in [0.05, 0.1) is 0 Å². The van der Waals surface area contributed by atoms with Gasteiger partial charge >= 0.3 is 0 Å². The summed E-state index contributed by atoms with van der Waals surface area (Å²) in [5.74, 6) is 0.958. The van der Waals surface area contributed by atoms with E-state index in [9.17, 15) is 0 Å². The van der Waals surface area contributed by atoms with Crippen LogP contribution >= 0.6 is 0 Å². The Hall–Kier alpha value is -2.52. The minimum Gasteiger partial charge on any atom is -0.492 e. The molecule has 1 N–H and O–H groups in total. The first kappa shape index (κ1) is 16.9. The monoisotopic (exact) mass is 346 g/mol. The van der Waals surface area contributed by atoms with Crippen molar-refractivity contribution in [3.05, 3.63) is 72.8 Å². The van der Waals surface area contributed by atoms with E-state index in [0.717, 1.165) is 32.0 Å². The number of ether oxygens (including phenoxy) is 1.